The Labute approximate surface area is 147 Å². The van der Waals surface area contributed by atoms with Crippen LogP contribution in [0.3, 0.4) is 0 Å². The molecule has 0 aromatic heterocycles. The zero-order valence-corrected chi connectivity index (χ0v) is 14.3. The zero-order chi connectivity index (χ0) is 16.8. The van der Waals surface area contributed by atoms with Crippen molar-refractivity contribution >= 4 is 35.0 Å². The summed E-state index contributed by atoms with van der Waals surface area (Å²) in [6.07, 6.45) is 7.05. The fourth-order valence-corrected chi connectivity index (χ4v) is 3.07. The third-order valence-electron chi connectivity index (χ3n) is 4.18. The highest BCUT2D eigenvalue weighted by atomic mass is 35.5. The molecule has 1 aliphatic rings. The summed E-state index contributed by atoms with van der Waals surface area (Å²) in [5.41, 5.74) is 2.85. The summed E-state index contributed by atoms with van der Waals surface area (Å²) < 4.78 is 0. The van der Waals surface area contributed by atoms with E-state index in [0.717, 1.165) is 24.3 Å². The van der Waals surface area contributed by atoms with E-state index in [0.29, 0.717) is 5.02 Å². The Morgan fingerprint density at radius 1 is 1.00 bits per heavy atom. The van der Waals surface area contributed by atoms with Crippen molar-refractivity contribution in [1.82, 2.24) is 0 Å². The minimum atomic E-state index is -0.166. The Morgan fingerprint density at radius 2 is 1.71 bits per heavy atom. The molecule has 24 heavy (non-hydrogen) atoms. The summed E-state index contributed by atoms with van der Waals surface area (Å²) in [6, 6.07) is 15.5. The number of amides is 1. The number of hydrogen-bond acceptors (Lipinski definition) is 2. The van der Waals surface area contributed by atoms with Crippen LogP contribution in [0, 0.1) is 0 Å². The van der Waals surface area contributed by atoms with Crippen LogP contribution in [0.1, 0.15) is 24.8 Å². The van der Waals surface area contributed by atoms with Crippen molar-refractivity contribution in [2.75, 3.05) is 23.3 Å². The number of nitrogens with one attached hydrogen (secondary N) is 1. The lowest BCUT2D eigenvalue weighted by Gasteiger charge is -2.28. The third kappa shape index (κ3) is 4.39. The van der Waals surface area contributed by atoms with Gasteiger partial charge >= 0.3 is 0 Å². The van der Waals surface area contributed by atoms with Crippen LogP contribution >= 0.6 is 11.6 Å². The average Bonchev–Trinajstić information content (AvgIpc) is 2.62. The molecule has 1 N–H and O–H groups in total. The number of anilines is 2. The first-order valence-corrected chi connectivity index (χ1v) is 8.69. The van der Waals surface area contributed by atoms with E-state index < -0.39 is 0 Å². The summed E-state index contributed by atoms with van der Waals surface area (Å²) in [6.45, 7) is 2.23. The lowest BCUT2D eigenvalue weighted by molar-refractivity contribution is -0.111. The van der Waals surface area contributed by atoms with Crippen molar-refractivity contribution in [3.05, 3.63) is 65.2 Å². The normalized spacial score (nSPS) is 14.8. The predicted molar refractivity (Wildman–Crippen MR) is 102 cm³/mol. The molecule has 0 unspecified atom stereocenters. The number of carbonyl (C=O) groups excluding carboxylic acids is 1. The maximum atomic E-state index is 12.0. The van der Waals surface area contributed by atoms with Crippen LogP contribution < -0.4 is 10.2 Å². The number of benzene rings is 2. The molecule has 3 nitrogen and oxygen atoms in total. The van der Waals surface area contributed by atoms with Crippen molar-refractivity contribution in [3.8, 4) is 0 Å². The van der Waals surface area contributed by atoms with E-state index >= 15 is 0 Å². The lowest BCUT2D eigenvalue weighted by Crippen LogP contribution is -2.29. The van der Waals surface area contributed by atoms with Gasteiger partial charge in [0.15, 0.2) is 0 Å². The Balaban J connectivity index is 1.59. The molecule has 2 aromatic carbocycles. The second kappa shape index (κ2) is 8.02. The van der Waals surface area contributed by atoms with Gasteiger partial charge < -0.3 is 10.2 Å². The number of carbonyl (C=O) groups is 1. The zero-order valence-electron chi connectivity index (χ0n) is 13.5. The van der Waals surface area contributed by atoms with Crippen molar-refractivity contribution in [2.24, 2.45) is 0 Å². The van der Waals surface area contributed by atoms with E-state index in [9.17, 15) is 4.79 Å². The Kier molecular flexibility index (Phi) is 5.55. The van der Waals surface area contributed by atoms with Crippen LogP contribution in [0.5, 0.6) is 0 Å². The van der Waals surface area contributed by atoms with E-state index in [4.69, 9.17) is 11.6 Å². The topological polar surface area (TPSA) is 32.3 Å². The smallest absolute Gasteiger partial charge is 0.248 e. The number of hydrogen-bond donors (Lipinski definition) is 1. The van der Waals surface area contributed by atoms with Gasteiger partial charge in [-0.05, 0) is 61.2 Å². The molecule has 1 fully saturated rings. The highest BCUT2D eigenvalue weighted by Gasteiger charge is 2.10. The molecular formula is C20H21ClN2O. The van der Waals surface area contributed by atoms with Gasteiger partial charge in [-0.3, -0.25) is 4.79 Å². The molecule has 0 bridgehead atoms. The molecule has 124 valence electrons. The standard InChI is InChI=1S/C20H21ClN2O/c21-19-7-3-2-6-16(19)8-13-20(24)22-17-9-11-18(12-10-17)23-14-4-1-5-15-23/h2-3,6-13H,1,4-5,14-15H2,(H,22,24)/b13-8+. The summed E-state index contributed by atoms with van der Waals surface area (Å²) in [7, 11) is 0. The number of halogens is 1. The molecule has 0 aliphatic carbocycles. The quantitative estimate of drug-likeness (QED) is 0.796. The highest BCUT2D eigenvalue weighted by Crippen LogP contribution is 2.22. The van der Waals surface area contributed by atoms with Crippen LogP contribution in [-0.4, -0.2) is 19.0 Å². The van der Waals surface area contributed by atoms with Gasteiger partial charge in [-0.25, -0.2) is 0 Å². The van der Waals surface area contributed by atoms with Crippen molar-refractivity contribution in [2.45, 2.75) is 19.3 Å². The summed E-state index contributed by atoms with van der Waals surface area (Å²) in [5, 5.41) is 3.51. The van der Waals surface area contributed by atoms with Crippen molar-refractivity contribution < 1.29 is 4.79 Å². The Bertz CT molecular complexity index is 719. The van der Waals surface area contributed by atoms with Gasteiger partial charge in [0, 0.05) is 35.6 Å². The molecule has 3 rings (SSSR count). The average molecular weight is 341 g/mol. The molecule has 1 heterocycles. The maximum absolute atomic E-state index is 12.0. The van der Waals surface area contributed by atoms with Gasteiger partial charge in [-0.2, -0.15) is 0 Å². The molecule has 2 aromatic rings. The van der Waals surface area contributed by atoms with Gasteiger partial charge in [0.25, 0.3) is 0 Å². The fourth-order valence-electron chi connectivity index (χ4n) is 2.87. The SMILES string of the molecule is O=C(/C=C/c1ccccc1Cl)Nc1ccc(N2CCCCC2)cc1. The number of piperidine rings is 1. The molecule has 0 atom stereocenters. The predicted octanol–water partition coefficient (Wildman–Crippen LogP) is 4.98. The second-order valence-electron chi connectivity index (χ2n) is 5.94. The molecular weight excluding hydrogens is 320 g/mol. The second-order valence-corrected chi connectivity index (χ2v) is 6.35. The molecule has 1 saturated heterocycles. The third-order valence-corrected chi connectivity index (χ3v) is 4.52. The van der Waals surface area contributed by atoms with E-state index in [1.165, 1.54) is 31.0 Å². The minimum absolute atomic E-state index is 0.166. The summed E-state index contributed by atoms with van der Waals surface area (Å²) in [5.74, 6) is -0.166. The van der Waals surface area contributed by atoms with Gasteiger partial charge in [-0.1, -0.05) is 29.8 Å². The molecule has 4 heteroatoms. The molecule has 1 aliphatic heterocycles. The van der Waals surface area contributed by atoms with Crippen LogP contribution in [0.25, 0.3) is 6.08 Å². The van der Waals surface area contributed by atoms with E-state index in [1.807, 2.05) is 30.3 Å². The fraction of sp³-hybridized carbons (Fsp3) is 0.250. The molecule has 0 saturated carbocycles. The molecule has 0 spiro atoms. The maximum Gasteiger partial charge on any atom is 0.248 e. The largest absolute Gasteiger partial charge is 0.372 e. The minimum Gasteiger partial charge on any atom is -0.372 e. The van der Waals surface area contributed by atoms with Gasteiger partial charge in [0.05, 0.1) is 0 Å². The Hall–Kier alpha value is -2.26. The first-order chi connectivity index (χ1) is 11.7. The van der Waals surface area contributed by atoms with Crippen LogP contribution in [-0.2, 0) is 4.79 Å². The van der Waals surface area contributed by atoms with Gasteiger partial charge in [0.2, 0.25) is 5.91 Å². The summed E-state index contributed by atoms with van der Waals surface area (Å²) >= 11 is 6.07. The monoisotopic (exact) mass is 340 g/mol. The first-order valence-electron chi connectivity index (χ1n) is 8.31. The van der Waals surface area contributed by atoms with Crippen LogP contribution in [0.4, 0.5) is 11.4 Å². The van der Waals surface area contributed by atoms with Gasteiger partial charge in [-0.15, -0.1) is 0 Å². The van der Waals surface area contributed by atoms with Gasteiger partial charge in [0.1, 0.15) is 0 Å². The summed E-state index contributed by atoms with van der Waals surface area (Å²) in [4.78, 5) is 14.4. The highest BCUT2D eigenvalue weighted by molar-refractivity contribution is 6.32. The molecule has 1 amide bonds. The van der Waals surface area contributed by atoms with E-state index in [1.54, 1.807) is 12.1 Å². The van der Waals surface area contributed by atoms with Crippen molar-refractivity contribution in [1.29, 1.82) is 0 Å². The van der Waals surface area contributed by atoms with E-state index in [-0.39, 0.29) is 5.91 Å². The number of rotatable bonds is 4. The molecule has 0 radical (unpaired) electrons. The first kappa shape index (κ1) is 16.6. The van der Waals surface area contributed by atoms with E-state index in [2.05, 4.69) is 22.3 Å². The lowest BCUT2D eigenvalue weighted by atomic mass is 10.1. The van der Waals surface area contributed by atoms with Crippen LogP contribution in [0.2, 0.25) is 5.02 Å². The van der Waals surface area contributed by atoms with Crippen molar-refractivity contribution in [3.63, 3.8) is 0 Å². The van der Waals surface area contributed by atoms with Crippen LogP contribution in [0.15, 0.2) is 54.6 Å². The Morgan fingerprint density at radius 3 is 2.42 bits per heavy atom. The number of nitrogens with zero attached hydrogens (tertiary/aromatic N) is 1.